The lowest BCUT2D eigenvalue weighted by molar-refractivity contribution is 0.603. The van der Waals surface area contributed by atoms with Crippen LogP contribution < -0.4 is 0 Å². The van der Waals surface area contributed by atoms with E-state index < -0.39 is 0 Å². The van der Waals surface area contributed by atoms with E-state index in [-0.39, 0.29) is 0 Å². The van der Waals surface area contributed by atoms with Gasteiger partial charge in [-0.1, -0.05) is 188 Å². The highest BCUT2D eigenvalue weighted by Crippen LogP contribution is 2.43. The molecule has 2 aliphatic carbocycles. The molecule has 0 amide bonds. The van der Waals surface area contributed by atoms with Crippen LogP contribution in [0.5, 0.6) is 0 Å². The van der Waals surface area contributed by atoms with Crippen molar-refractivity contribution in [2.45, 2.75) is 50.9 Å². The predicted molar refractivity (Wildman–Crippen MR) is 267 cm³/mol. The lowest BCUT2D eigenvalue weighted by Gasteiger charge is -2.23. The Bertz CT molecular complexity index is 3150. The van der Waals surface area contributed by atoms with E-state index in [1.807, 2.05) is 0 Å². The molecule has 1 atom stereocenters. The molecule has 0 radical (unpaired) electrons. The number of allylic oxidation sites excluding steroid dienone is 8. The van der Waals surface area contributed by atoms with E-state index in [0.717, 1.165) is 56.1 Å². The smallest absolute Gasteiger partial charge is 0.136 e. The Kier molecular flexibility index (Phi) is 10.6. The number of fused-ring (bicyclic) bond motifs is 5. The SMILES string of the molecule is C1=CCCC(C2=CC=C(CC(CCc3ccc4c(c3)oc3cc(-c5cc(-c6ccccc6)cc(-c6ccccc6)c5)c5ccccc5c34)c3ccc(-c4ccccc4)cc3)CC2)=C1. The Labute approximate surface area is 371 Å². The molecule has 11 rings (SSSR count). The van der Waals surface area contributed by atoms with Crippen molar-refractivity contribution in [3.05, 3.63) is 240 Å². The molecule has 1 heteroatoms. The zero-order valence-electron chi connectivity index (χ0n) is 35.6. The van der Waals surface area contributed by atoms with Gasteiger partial charge < -0.3 is 4.42 Å². The zero-order chi connectivity index (χ0) is 42.0. The van der Waals surface area contributed by atoms with Crippen molar-refractivity contribution in [2.24, 2.45) is 0 Å². The van der Waals surface area contributed by atoms with Gasteiger partial charge in [-0.05, 0) is 159 Å². The van der Waals surface area contributed by atoms with Crippen LogP contribution in [0.15, 0.2) is 234 Å². The number of hydrogen-bond donors (Lipinski definition) is 0. The summed E-state index contributed by atoms with van der Waals surface area (Å²) >= 11 is 0. The summed E-state index contributed by atoms with van der Waals surface area (Å²) in [5, 5.41) is 4.81. The van der Waals surface area contributed by atoms with E-state index in [9.17, 15) is 0 Å². The van der Waals surface area contributed by atoms with E-state index in [2.05, 4.69) is 212 Å². The van der Waals surface area contributed by atoms with Gasteiger partial charge >= 0.3 is 0 Å². The van der Waals surface area contributed by atoms with E-state index >= 15 is 0 Å². The van der Waals surface area contributed by atoms with Crippen molar-refractivity contribution in [1.29, 1.82) is 0 Å². The third kappa shape index (κ3) is 8.04. The Morgan fingerprint density at radius 3 is 1.71 bits per heavy atom. The van der Waals surface area contributed by atoms with E-state index in [1.54, 1.807) is 5.57 Å². The van der Waals surface area contributed by atoms with Gasteiger partial charge in [-0.2, -0.15) is 0 Å². The molecule has 1 unspecified atom stereocenters. The summed E-state index contributed by atoms with van der Waals surface area (Å²) in [6.45, 7) is 0. The van der Waals surface area contributed by atoms with Crippen LogP contribution in [0.2, 0.25) is 0 Å². The molecule has 0 saturated carbocycles. The van der Waals surface area contributed by atoms with Crippen LogP contribution in [0.25, 0.3) is 77.2 Å². The molecule has 0 saturated heterocycles. The van der Waals surface area contributed by atoms with Crippen LogP contribution in [-0.4, -0.2) is 0 Å². The maximum absolute atomic E-state index is 6.90. The average Bonchev–Trinajstić information content (AvgIpc) is 3.74. The van der Waals surface area contributed by atoms with Crippen LogP contribution in [-0.2, 0) is 6.42 Å². The standard InChI is InChI=1S/C62H50O/c1-5-15-45(16-6-1)49-29-25-43(26-30-49)37-52(51-34-32-50(33-35-51)46-17-7-2-8-18-46)31-27-44-28-36-58-60(38-44)63-61-42-59(56-23-13-14-24-57(56)62(58)61)55-40-53(47-19-9-3-10-20-47)39-54(41-55)48-21-11-4-12-22-48/h1-5,7-15,17-25,28-29,32-36,38-42,52H,6,16,26-27,30-31,37H2. The van der Waals surface area contributed by atoms with Gasteiger partial charge in [0.05, 0.1) is 0 Å². The molecule has 0 spiro atoms. The number of rotatable bonds is 11. The Morgan fingerprint density at radius 2 is 1.06 bits per heavy atom. The van der Waals surface area contributed by atoms with Gasteiger partial charge in [-0.15, -0.1) is 0 Å². The van der Waals surface area contributed by atoms with Crippen LogP contribution in [0.3, 0.4) is 0 Å². The van der Waals surface area contributed by atoms with Gasteiger partial charge in [0.15, 0.2) is 0 Å². The number of furan rings is 1. The second-order valence-corrected chi connectivity index (χ2v) is 17.4. The fourth-order valence-corrected chi connectivity index (χ4v) is 10.1. The molecular weight excluding hydrogens is 761 g/mol. The van der Waals surface area contributed by atoms with Gasteiger partial charge in [0.25, 0.3) is 0 Å². The van der Waals surface area contributed by atoms with Crippen LogP contribution in [0.1, 0.15) is 55.6 Å². The number of benzene rings is 8. The maximum Gasteiger partial charge on any atom is 0.136 e. The van der Waals surface area contributed by atoms with Crippen molar-refractivity contribution in [2.75, 3.05) is 0 Å². The van der Waals surface area contributed by atoms with Crippen LogP contribution >= 0.6 is 0 Å². The summed E-state index contributed by atoms with van der Waals surface area (Å²) in [4.78, 5) is 0. The van der Waals surface area contributed by atoms with Gasteiger partial charge in [-0.3, -0.25) is 0 Å². The largest absolute Gasteiger partial charge is 0.456 e. The average molecular weight is 811 g/mol. The monoisotopic (exact) mass is 810 g/mol. The van der Waals surface area contributed by atoms with Crippen LogP contribution in [0, 0.1) is 0 Å². The maximum atomic E-state index is 6.90. The Morgan fingerprint density at radius 1 is 0.444 bits per heavy atom. The highest BCUT2D eigenvalue weighted by Gasteiger charge is 2.20. The first kappa shape index (κ1) is 38.7. The third-order valence-electron chi connectivity index (χ3n) is 13.4. The molecule has 0 aliphatic heterocycles. The first-order valence-electron chi connectivity index (χ1n) is 22.7. The summed E-state index contributed by atoms with van der Waals surface area (Å²) in [6, 6.07) is 66.6. The Balaban J connectivity index is 0.932. The minimum atomic E-state index is 0.415. The van der Waals surface area contributed by atoms with E-state index in [1.165, 1.54) is 88.3 Å². The summed E-state index contributed by atoms with van der Waals surface area (Å²) in [7, 11) is 0. The van der Waals surface area contributed by atoms with Gasteiger partial charge in [0.2, 0.25) is 0 Å². The van der Waals surface area contributed by atoms with Gasteiger partial charge in [0.1, 0.15) is 11.2 Å². The molecule has 304 valence electrons. The summed E-state index contributed by atoms with van der Waals surface area (Å²) in [6.07, 6.45) is 19.4. The molecule has 1 nitrogen and oxygen atoms in total. The summed E-state index contributed by atoms with van der Waals surface area (Å²) < 4.78 is 6.90. The second kappa shape index (κ2) is 17.3. The predicted octanol–water partition coefficient (Wildman–Crippen LogP) is 17.4. The van der Waals surface area contributed by atoms with Crippen molar-refractivity contribution >= 4 is 32.7 Å². The quantitative estimate of drug-likeness (QED) is 0.127. The third-order valence-corrected chi connectivity index (χ3v) is 13.4. The lowest BCUT2D eigenvalue weighted by Crippen LogP contribution is -2.06. The highest BCUT2D eigenvalue weighted by atomic mass is 16.3. The van der Waals surface area contributed by atoms with Crippen molar-refractivity contribution in [3.63, 3.8) is 0 Å². The van der Waals surface area contributed by atoms with Gasteiger partial charge in [-0.25, -0.2) is 0 Å². The fourth-order valence-electron chi connectivity index (χ4n) is 10.1. The molecule has 63 heavy (non-hydrogen) atoms. The van der Waals surface area contributed by atoms with Crippen molar-refractivity contribution in [1.82, 2.24) is 0 Å². The molecule has 8 aromatic carbocycles. The van der Waals surface area contributed by atoms with Crippen LogP contribution in [0.4, 0.5) is 0 Å². The first-order chi connectivity index (χ1) is 31.2. The highest BCUT2D eigenvalue weighted by molar-refractivity contribution is 6.22. The van der Waals surface area contributed by atoms with Crippen molar-refractivity contribution in [3.8, 4) is 44.5 Å². The van der Waals surface area contributed by atoms with Gasteiger partial charge in [0, 0.05) is 10.8 Å². The van der Waals surface area contributed by atoms with E-state index in [0.29, 0.717) is 5.92 Å². The molecule has 2 aliphatic rings. The number of hydrogen-bond acceptors (Lipinski definition) is 1. The first-order valence-corrected chi connectivity index (χ1v) is 22.7. The normalized spacial score (nSPS) is 14.4. The molecule has 9 aromatic rings. The fraction of sp³-hybridized carbons (Fsp3) is 0.129. The topological polar surface area (TPSA) is 13.1 Å². The summed E-state index contributed by atoms with van der Waals surface area (Å²) in [5.74, 6) is 0.415. The molecule has 0 bridgehead atoms. The number of aryl methyl sites for hydroxylation is 1. The molecule has 0 N–H and O–H groups in total. The minimum Gasteiger partial charge on any atom is -0.456 e. The lowest BCUT2D eigenvalue weighted by atomic mass is 9.82. The molecule has 0 fully saturated rings. The second-order valence-electron chi connectivity index (χ2n) is 17.4. The van der Waals surface area contributed by atoms with E-state index in [4.69, 9.17) is 4.42 Å². The molecular formula is C62H50O. The van der Waals surface area contributed by atoms with Crippen molar-refractivity contribution < 1.29 is 4.42 Å². The Hall–Kier alpha value is -7.22. The molecule has 1 aromatic heterocycles. The summed E-state index contributed by atoms with van der Waals surface area (Å²) in [5.41, 5.74) is 18.9. The minimum absolute atomic E-state index is 0.415. The zero-order valence-corrected chi connectivity index (χ0v) is 35.6. The molecule has 1 heterocycles.